The highest BCUT2D eigenvalue weighted by molar-refractivity contribution is 5.96. The summed E-state index contributed by atoms with van der Waals surface area (Å²) in [6.45, 7) is 0.211. The lowest BCUT2D eigenvalue weighted by Gasteiger charge is -2.16. The average molecular weight is 462 g/mol. The van der Waals surface area contributed by atoms with Gasteiger partial charge < -0.3 is 10.6 Å². The number of carbonyl (C=O) groups excluding carboxylic acids is 2. The van der Waals surface area contributed by atoms with Crippen LogP contribution in [-0.2, 0) is 0 Å². The Morgan fingerprint density at radius 2 is 0.871 bits per heavy atom. The largest absolute Gasteiger partial charge is 0.350 e. The number of carbonyl (C=O) groups is 2. The van der Waals surface area contributed by atoms with Crippen LogP contribution >= 0.6 is 0 Å². The Labute approximate surface area is 165 Å². The number of nitrogens with one attached hydrogen (secondary N) is 2. The standard InChI is InChI=1S/C17H8F10N2O2/c1-3(29-17(31)5-8(20)12(24)15(27)13(25)9(5)21)2-28-16(30)4-6(18)10(22)14(26)11(23)7(4)19/h3H,2H2,1H3,(H,28,30)(H,29,31). The maximum Gasteiger partial charge on any atom is 0.257 e. The SMILES string of the molecule is CC(CNC(=O)c1c(F)c(F)c(F)c(F)c1F)NC(=O)c1c(F)c(F)c(F)c(F)c1F. The summed E-state index contributed by atoms with van der Waals surface area (Å²) in [6.07, 6.45) is 0. The molecule has 4 nitrogen and oxygen atoms in total. The third-order valence-corrected chi connectivity index (χ3v) is 3.82. The predicted molar refractivity (Wildman–Crippen MR) is 81.7 cm³/mol. The first-order chi connectivity index (χ1) is 14.3. The van der Waals surface area contributed by atoms with E-state index in [-0.39, 0.29) is 0 Å². The van der Waals surface area contributed by atoms with E-state index in [1.165, 1.54) is 0 Å². The predicted octanol–water partition coefficient (Wildman–Crippen LogP) is 3.63. The van der Waals surface area contributed by atoms with Gasteiger partial charge in [-0.15, -0.1) is 0 Å². The summed E-state index contributed by atoms with van der Waals surface area (Å²) in [6, 6.07) is -1.37. The van der Waals surface area contributed by atoms with Crippen LogP contribution in [0.25, 0.3) is 0 Å². The molecule has 0 spiro atoms. The normalized spacial score (nSPS) is 12.0. The van der Waals surface area contributed by atoms with Crippen molar-refractivity contribution in [1.82, 2.24) is 10.6 Å². The lowest BCUT2D eigenvalue weighted by atomic mass is 10.1. The van der Waals surface area contributed by atoms with Crippen molar-refractivity contribution < 1.29 is 53.5 Å². The minimum atomic E-state index is -2.50. The van der Waals surface area contributed by atoms with Gasteiger partial charge in [-0.05, 0) is 6.92 Å². The highest BCUT2D eigenvalue weighted by Gasteiger charge is 2.31. The zero-order chi connectivity index (χ0) is 23.8. The van der Waals surface area contributed by atoms with E-state index in [4.69, 9.17) is 0 Å². The van der Waals surface area contributed by atoms with Gasteiger partial charge in [0.2, 0.25) is 11.6 Å². The molecule has 1 unspecified atom stereocenters. The van der Waals surface area contributed by atoms with Crippen LogP contribution in [-0.4, -0.2) is 24.4 Å². The fourth-order valence-electron chi connectivity index (χ4n) is 2.29. The van der Waals surface area contributed by atoms with Gasteiger partial charge in [0, 0.05) is 12.6 Å². The van der Waals surface area contributed by atoms with E-state index in [0.717, 1.165) is 6.92 Å². The molecule has 168 valence electrons. The Bertz CT molecular complexity index is 1030. The molecule has 0 aliphatic heterocycles. The number of halogens is 10. The van der Waals surface area contributed by atoms with Crippen LogP contribution in [0.3, 0.4) is 0 Å². The summed E-state index contributed by atoms with van der Waals surface area (Å²) in [4.78, 5) is 23.6. The van der Waals surface area contributed by atoms with Crippen molar-refractivity contribution in [3.05, 3.63) is 69.3 Å². The summed E-state index contributed by atoms with van der Waals surface area (Å²) in [5, 5.41) is 3.42. The molecular weight excluding hydrogens is 454 g/mol. The summed E-state index contributed by atoms with van der Waals surface area (Å²) in [5.74, 6) is -27.9. The molecule has 0 saturated heterocycles. The van der Waals surface area contributed by atoms with Crippen LogP contribution in [0.1, 0.15) is 27.6 Å². The fourth-order valence-corrected chi connectivity index (χ4v) is 2.29. The minimum Gasteiger partial charge on any atom is -0.350 e. The third-order valence-electron chi connectivity index (χ3n) is 3.82. The second-order valence-corrected chi connectivity index (χ2v) is 5.97. The van der Waals surface area contributed by atoms with Crippen molar-refractivity contribution in [1.29, 1.82) is 0 Å². The minimum absolute atomic E-state index is 0.806. The average Bonchev–Trinajstić information content (AvgIpc) is 2.72. The van der Waals surface area contributed by atoms with Crippen LogP contribution in [0.2, 0.25) is 0 Å². The number of hydrogen-bond donors (Lipinski definition) is 2. The van der Waals surface area contributed by atoms with E-state index < -0.39 is 93.7 Å². The fraction of sp³-hybridized carbons (Fsp3) is 0.176. The monoisotopic (exact) mass is 462 g/mol. The van der Waals surface area contributed by atoms with E-state index in [1.54, 1.807) is 10.6 Å². The van der Waals surface area contributed by atoms with Gasteiger partial charge in [0.05, 0.1) is 0 Å². The molecule has 1 atom stereocenters. The molecule has 0 aliphatic carbocycles. The van der Waals surface area contributed by atoms with Crippen molar-refractivity contribution in [2.75, 3.05) is 6.54 Å². The van der Waals surface area contributed by atoms with Crippen LogP contribution in [0.5, 0.6) is 0 Å². The van der Waals surface area contributed by atoms with Crippen LogP contribution < -0.4 is 10.6 Å². The first-order valence-electron chi connectivity index (χ1n) is 7.93. The second kappa shape index (κ2) is 8.81. The van der Waals surface area contributed by atoms with Crippen molar-refractivity contribution in [3.63, 3.8) is 0 Å². The van der Waals surface area contributed by atoms with Gasteiger partial charge in [-0.25, -0.2) is 43.9 Å². The maximum atomic E-state index is 13.6. The van der Waals surface area contributed by atoms with Crippen LogP contribution in [0, 0.1) is 58.2 Å². The van der Waals surface area contributed by atoms with E-state index in [0.29, 0.717) is 0 Å². The van der Waals surface area contributed by atoms with Crippen molar-refractivity contribution in [2.24, 2.45) is 0 Å². The highest BCUT2D eigenvalue weighted by atomic mass is 19.2. The van der Waals surface area contributed by atoms with E-state index in [1.807, 2.05) is 0 Å². The van der Waals surface area contributed by atoms with Gasteiger partial charge >= 0.3 is 0 Å². The molecule has 0 heterocycles. The molecule has 0 fully saturated rings. The first kappa shape index (κ1) is 24.0. The smallest absolute Gasteiger partial charge is 0.257 e. The summed E-state index contributed by atoms with van der Waals surface area (Å²) < 4.78 is 133. The molecule has 31 heavy (non-hydrogen) atoms. The third kappa shape index (κ3) is 4.27. The Hall–Kier alpha value is -3.32. The van der Waals surface area contributed by atoms with Crippen LogP contribution in [0.4, 0.5) is 43.9 Å². The van der Waals surface area contributed by atoms with E-state index >= 15 is 0 Å². The van der Waals surface area contributed by atoms with Crippen molar-refractivity contribution in [2.45, 2.75) is 13.0 Å². The zero-order valence-electron chi connectivity index (χ0n) is 14.9. The number of amides is 2. The molecule has 2 rings (SSSR count). The summed E-state index contributed by atoms with van der Waals surface area (Å²) in [7, 11) is 0. The summed E-state index contributed by atoms with van der Waals surface area (Å²) in [5.41, 5.74) is -3.68. The zero-order valence-corrected chi connectivity index (χ0v) is 14.9. The van der Waals surface area contributed by atoms with Crippen molar-refractivity contribution in [3.8, 4) is 0 Å². The van der Waals surface area contributed by atoms with Gasteiger partial charge in [0.1, 0.15) is 11.1 Å². The van der Waals surface area contributed by atoms with Gasteiger partial charge in [0.15, 0.2) is 46.5 Å². The van der Waals surface area contributed by atoms with Gasteiger partial charge in [-0.2, -0.15) is 0 Å². The van der Waals surface area contributed by atoms with E-state index in [9.17, 15) is 53.5 Å². The molecule has 0 bridgehead atoms. The van der Waals surface area contributed by atoms with Gasteiger partial charge in [0.25, 0.3) is 11.8 Å². The molecule has 2 aromatic carbocycles. The Kier molecular flexibility index (Phi) is 6.81. The number of rotatable bonds is 5. The Morgan fingerprint density at radius 1 is 0.581 bits per heavy atom. The maximum absolute atomic E-state index is 13.6. The number of hydrogen-bond acceptors (Lipinski definition) is 2. The number of benzene rings is 2. The molecule has 14 heteroatoms. The van der Waals surface area contributed by atoms with Crippen molar-refractivity contribution >= 4 is 11.8 Å². The first-order valence-corrected chi connectivity index (χ1v) is 7.93. The van der Waals surface area contributed by atoms with Gasteiger partial charge in [-0.1, -0.05) is 0 Å². The topological polar surface area (TPSA) is 58.2 Å². The van der Waals surface area contributed by atoms with E-state index in [2.05, 4.69) is 0 Å². The highest BCUT2D eigenvalue weighted by Crippen LogP contribution is 2.24. The molecule has 2 aromatic rings. The lowest BCUT2D eigenvalue weighted by Crippen LogP contribution is -2.43. The molecule has 0 aromatic heterocycles. The summed E-state index contributed by atoms with van der Waals surface area (Å²) >= 11 is 0. The lowest BCUT2D eigenvalue weighted by molar-refractivity contribution is 0.0899. The molecular formula is C17H8F10N2O2. The van der Waals surface area contributed by atoms with Gasteiger partial charge in [-0.3, -0.25) is 9.59 Å². The molecule has 0 aliphatic rings. The molecule has 2 amide bonds. The quantitative estimate of drug-likeness (QED) is 0.405. The molecule has 0 saturated carbocycles. The van der Waals surface area contributed by atoms with Crippen LogP contribution in [0.15, 0.2) is 0 Å². The Balaban J connectivity index is 2.16. The Morgan fingerprint density at radius 3 is 1.23 bits per heavy atom. The molecule has 2 N–H and O–H groups in total. The second-order valence-electron chi connectivity index (χ2n) is 5.97. The molecule has 0 radical (unpaired) electrons.